The normalized spacial score (nSPS) is 11.0. The van der Waals surface area contributed by atoms with E-state index in [1.807, 2.05) is 30.5 Å². The number of imidazole rings is 1. The van der Waals surface area contributed by atoms with Crippen molar-refractivity contribution in [2.45, 2.75) is 32.7 Å². The van der Waals surface area contributed by atoms with E-state index in [1.165, 1.54) is 13.2 Å². The van der Waals surface area contributed by atoms with E-state index in [9.17, 15) is 10.0 Å². The van der Waals surface area contributed by atoms with E-state index < -0.39 is 5.97 Å². The lowest BCUT2D eigenvalue weighted by Gasteiger charge is -2.09. The Hall–Kier alpha value is -4.93. The van der Waals surface area contributed by atoms with Gasteiger partial charge in [0.2, 0.25) is 11.5 Å². The third-order valence-electron chi connectivity index (χ3n) is 6.20. The summed E-state index contributed by atoms with van der Waals surface area (Å²) in [6.07, 6.45) is 4.65. The molecule has 0 saturated heterocycles. The highest BCUT2D eigenvalue weighted by Crippen LogP contribution is 2.24. The molecule has 0 radical (unpaired) electrons. The molecule has 3 heterocycles. The maximum absolute atomic E-state index is 12.6. The van der Waals surface area contributed by atoms with Crippen molar-refractivity contribution >= 4 is 5.97 Å². The molecule has 2 aromatic carbocycles. The van der Waals surface area contributed by atoms with Crippen LogP contribution in [-0.2, 0) is 17.7 Å². The van der Waals surface area contributed by atoms with Crippen molar-refractivity contribution in [3.8, 4) is 33.9 Å². The average Bonchev–Trinajstić information content (AvgIpc) is 3.63. The van der Waals surface area contributed by atoms with Crippen LogP contribution in [0.25, 0.3) is 33.9 Å². The van der Waals surface area contributed by atoms with Crippen molar-refractivity contribution < 1.29 is 14.4 Å². The van der Waals surface area contributed by atoms with Crippen LogP contribution in [0, 0.1) is 5.21 Å². The number of hydrogen-bond acceptors (Lipinski definition) is 8. The van der Waals surface area contributed by atoms with Gasteiger partial charge >= 0.3 is 5.97 Å². The SMILES string of the molecule is CCCCc1nc(-c2ccc(C(=O)OC)n[n+]2[O-])cn1Cc1ccc(-c2ccc(-c3nn[nH]n3)cc2)cc1. The number of methoxy groups -OCH3 is 1. The zero-order chi connectivity index (χ0) is 26.5. The van der Waals surface area contributed by atoms with Gasteiger partial charge in [0.25, 0.3) is 5.69 Å². The Balaban J connectivity index is 1.36. The van der Waals surface area contributed by atoms with Crippen LogP contribution >= 0.6 is 0 Å². The number of carbonyl (C=O) groups is 1. The topological polar surface area (TPSA) is 138 Å². The van der Waals surface area contributed by atoms with E-state index >= 15 is 0 Å². The molecule has 38 heavy (non-hydrogen) atoms. The third kappa shape index (κ3) is 5.26. The number of hydrogen-bond donors (Lipinski definition) is 1. The Morgan fingerprint density at radius 3 is 2.37 bits per heavy atom. The number of aryl methyl sites for hydroxylation is 1. The second-order valence-corrected chi connectivity index (χ2v) is 8.75. The molecule has 0 atom stereocenters. The number of benzene rings is 2. The number of esters is 1. The van der Waals surface area contributed by atoms with Crippen LogP contribution < -0.4 is 4.85 Å². The van der Waals surface area contributed by atoms with Crippen molar-refractivity contribution in [3.63, 3.8) is 0 Å². The number of aromatic nitrogens is 8. The van der Waals surface area contributed by atoms with Crippen molar-refractivity contribution in [2.24, 2.45) is 0 Å². The summed E-state index contributed by atoms with van der Waals surface area (Å²) in [5.41, 5.74) is 4.90. The molecule has 11 nitrogen and oxygen atoms in total. The molecule has 1 N–H and O–H groups in total. The minimum atomic E-state index is -0.665. The Kier molecular flexibility index (Phi) is 7.16. The molecule has 0 aliphatic rings. The minimum absolute atomic E-state index is 0.0542. The van der Waals surface area contributed by atoms with Gasteiger partial charge in [-0.25, -0.2) is 9.78 Å². The third-order valence-corrected chi connectivity index (χ3v) is 6.20. The van der Waals surface area contributed by atoms with Crippen LogP contribution in [0.15, 0.2) is 66.9 Å². The van der Waals surface area contributed by atoms with E-state index in [0.717, 1.165) is 47.3 Å². The van der Waals surface area contributed by atoms with Crippen LogP contribution in [-0.4, -0.2) is 48.4 Å². The van der Waals surface area contributed by atoms with Crippen LogP contribution in [0.5, 0.6) is 0 Å². The van der Waals surface area contributed by atoms with Crippen LogP contribution in [0.4, 0.5) is 0 Å². The number of H-pyrrole nitrogens is 1. The summed E-state index contributed by atoms with van der Waals surface area (Å²) in [5, 5.41) is 30.4. The van der Waals surface area contributed by atoms with Crippen LogP contribution in [0.2, 0.25) is 0 Å². The Bertz CT molecular complexity index is 1530. The lowest BCUT2D eigenvalue weighted by atomic mass is 10.0. The average molecular weight is 511 g/mol. The molecule has 5 rings (SSSR count). The molecule has 0 saturated carbocycles. The number of aromatic amines is 1. The summed E-state index contributed by atoms with van der Waals surface area (Å²) in [5.74, 6) is 0.782. The molecule has 0 fully saturated rings. The number of ether oxygens (including phenoxy) is 1. The highest BCUT2D eigenvalue weighted by molar-refractivity contribution is 5.86. The van der Waals surface area contributed by atoms with E-state index in [4.69, 9.17) is 4.98 Å². The summed E-state index contributed by atoms with van der Waals surface area (Å²) >= 11 is 0. The number of nitrogens with zero attached hydrogens (tertiary/aromatic N) is 7. The first-order chi connectivity index (χ1) is 18.6. The van der Waals surface area contributed by atoms with Gasteiger partial charge in [-0.05, 0) is 39.2 Å². The van der Waals surface area contributed by atoms with Crippen molar-refractivity contribution in [1.29, 1.82) is 0 Å². The molecule has 0 aliphatic heterocycles. The van der Waals surface area contributed by atoms with Gasteiger partial charge in [0.05, 0.1) is 7.11 Å². The van der Waals surface area contributed by atoms with Gasteiger partial charge in [0, 0.05) is 35.9 Å². The summed E-state index contributed by atoms with van der Waals surface area (Å²) in [6, 6.07) is 19.4. The molecule has 192 valence electrons. The predicted octanol–water partition coefficient (Wildman–Crippen LogP) is 3.60. The molecule has 5 aromatic rings. The smallest absolute Gasteiger partial charge is 0.362 e. The number of tetrazole rings is 1. The van der Waals surface area contributed by atoms with E-state index in [2.05, 4.69) is 66.2 Å². The van der Waals surface area contributed by atoms with Gasteiger partial charge in [0.15, 0.2) is 5.69 Å². The standard InChI is InChI=1S/C27H26N8O3/c1-3-4-5-25-28-23(24-15-14-22(27(36)38-2)31-35(24)37)17-34(25)16-18-6-8-19(9-7-18)20-10-12-21(13-11-20)26-29-32-33-30-26/h6-15,17H,3-5,16H2,1-2H3,(H,29,30,32,33). The van der Waals surface area contributed by atoms with Gasteiger partial charge in [-0.3, -0.25) is 0 Å². The van der Waals surface area contributed by atoms with Gasteiger partial charge in [-0.2, -0.15) is 5.21 Å². The molecule has 0 amide bonds. The van der Waals surface area contributed by atoms with Gasteiger partial charge in [0.1, 0.15) is 5.82 Å². The van der Waals surface area contributed by atoms with Gasteiger partial charge in [-0.15, -0.1) is 10.2 Å². The van der Waals surface area contributed by atoms with E-state index in [0.29, 0.717) is 22.9 Å². The fourth-order valence-electron chi connectivity index (χ4n) is 4.15. The zero-order valence-electron chi connectivity index (χ0n) is 21.0. The first-order valence-electron chi connectivity index (χ1n) is 12.2. The summed E-state index contributed by atoms with van der Waals surface area (Å²) in [4.78, 5) is 16.9. The number of rotatable bonds is 9. The second kappa shape index (κ2) is 11.0. The fraction of sp³-hybridized carbons (Fsp3) is 0.222. The first-order valence-corrected chi connectivity index (χ1v) is 12.2. The second-order valence-electron chi connectivity index (χ2n) is 8.75. The zero-order valence-corrected chi connectivity index (χ0v) is 21.0. The van der Waals surface area contributed by atoms with E-state index in [-0.39, 0.29) is 11.4 Å². The lowest BCUT2D eigenvalue weighted by Crippen LogP contribution is -2.36. The minimum Gasteiger partial charge on any atom is -0.594 e. The molecule has 0 aliphatic carbocycles. The molecule has 3 aromatic heterocycles. The summed E-state index contributed by atoms with van der Waals surface area (Å²) in [6.45, 7) is 2.73. The molecular weight excluding hydrogens is 484 g/mol. The maximum Gasteiger partial charge on any atom is 0.362 e. The van der Waals surface area contributed by atoms with Crippen molar-refractivity contribution in [1.82, 2.24) is 35.3 Å². The molecular formula is C27H26N8O3. The molecule has 0 bridgehead atoms. The summed E-state index contributed by atoms with van der Waals surface area (Å²) in [7, 11) is 1.25. The van der Waals surface area contributed by atoms with Crippen LogP contribution in [0.3, 0.4) is 0 Å². The quantitative estimate of drug-likeness (QED) is 0.180. The Morgan fingerprint density at radius 2 is 1.74 bits per heavy atom. The highest BCUT2D eigenvalue weighted by Gasteiger charge is 2.20. The number of unbranched alkanes of at least 4 members (excludes halogenated alkanes) is 1. The molecule has 11 heteroatoms. The van der Waals surface area contributed by atoms with E-state index in [1.54, 1.807) is 6.07 Å². The Labute approximate surface area is 218 Å². The Morgan fingerprint density at radius 1 is 1.03 bits per heavy atom. The first kappa shape index (κ1) is 24.8. The lowest BCUT2D eigenvalue weighted by molar-refractivity contribution is -0.658. The molecule has 0 spiro atoms. The van der Waals surface area contributed by atoms with Crippen molar-refractivity contribution in [3.05, 3.63) is 89.1 Å². The largest absolute Gasteiger partial charge is 0.594 e. The summed E-state index contributed by atoms with van der Waals surface area (Å²) < 4.78 is 6.71. The van der Waals surface area contributed by atoms with Gasteiger partial charge in [-0.1, -0.05) is 61.9 Å². The number of carbonyl (C=O) groups excluding carboxylic acids is 1. The monoisotopic (exact) mass is 510 g/mol. The van der Waals surface area contributed by atoms with Gasteiger partial charge < -0.3 is 14.5 Å². The predicted molar refractivity (Wildman–Crippen MR) is 139 cm³/mol. The number of nitrogens with one attached hydrogen (secondary N) is 1. The fourth-order valence-corrected chi connectivity index (χ4v) is 4.15. The highest BCUT2D eigenvalue weighted by atomic mass is 16.5. The molecule has 0 unspecified atom stereocenters. The van der Waals surface area contributed by atoms with Crippen molar-refractivity contribution in [2.75, 3.05) is 7.11 Å². The van der Waals surface area contributed by atoms with Crippen LogP contribution in [0.1, 0.15) is 41.6 Å². The maximum atomic E-state index is 12.6.